The molecule has 0 amide bonds. The van der Waals surface area contributed by atoms with Gasteiger partial charge in [-0.3, -0.25) is 0 Å². The first-order valence-electron chi connectivity index (χ1n) is 5.74. The van der Waals surface area contributed by atoms with Gasteiger partial charge in [0.2, 0.25) is 0 Å². The largest absolute Gasteiger partial charge is 0.315 e. The van der Waals surface area contributed by atoms with E-state index in [1.54, 1.807) is 17.5 Å². The maximum atomic E-state index is 9.14. The summed E-state index contributed by atoms with van der Waals surface area (Å²) in [6, 6.07) is 4.00. The molecular formula is C13H14N4S. The van der Waals surface area contributed by atoms with E-state index in [0.29, 0.717) is 11.4 Å². The quantitative estimate of drug-likeness (QED) is 0.917. The van der Waals surface area contributed by atoms with Crippen molar-refractivity contribution < 1.29 is 0 Å². The Hall–Kier alpha value is -1.93. The molecule has 2 heterocycles. The average molecular weight is 258 g/mol. The number of hydrogen-bond donors (Lipinski definition) is 1. The predicted octanol–water partition coefficient (Wildman–Crippen LogP) is 3.33. The predicted molar refractivity (Wildman–Crippen MR) is 73.2 cm³/mol. The number of nitrogens with one attached hydrogen (secondary N) is 1. The molecule has 92 valence electrons. The number of hydrogen-bond acceptors (Lipinski definition) is 5. The molecule has 5 heteroatoms. The van der Waals surface area contributed by atoms with Crippen molar-refractivity contribution in [2.75, 3.05) is 5.32 Å². The molecule has 0 aliphatic rings. The molecule has 2 rings (SSSR count). The van der Waals surface area contributed by atoms with Crippen LogP contribution >= 0.6 is 11.3 Å². The van der Waals surface area contributed by atoms with Crippen LogP contribution in [-0.2, 0) is 6.42 Å². The standard InChI is InChI=1S/C13H14N4S/c1-4-11-9(3)18-13(16-11)17-12-10(7-14)8(2)5-6-15-12/h5-6H,4H2,1-3H3,(H,15,16,17). The molecule has 0 radical (unpaired) electrons. The minimum atomic E-state index is 0.573. The molecule has 0 bridgehead atoms. The van der Waals surface area contributed by atoms with Gasteiger partial charge in [-0.15, -0.1) is 11.3 Å². The number of nitriles is 1. The molecular weight excluding hydrogens is 244 g/mol. The van der Waals surface area contributed by atoms with Crippen molar-refractivity contribution in [3.63, 3.8) is 0 Å². The number of aryl methyl sites for hydroxylation is 3. The summed E-state index contributed by atoms with van der Waals surface area (Å²) in [7, 11) is 0. The van der Waals surface area contributed by atoms with Crippen LogP contribution in [0, 0.1) is 25.2 Å². The lowest BCUT2D eigenvalue weighted by atomic mass is 10.1. The van der Waals surface area contributed by atoms with Crippen LogP contribution in [0.3, 0.4) is 0 Å². The van der Waals surface area contributed by atoms with Gasteiger partial charge in [0.1, 0.15) is 11.9 Å². The van der Waals surface area contributed by atoms with Crippen molar-refractivity contribution >= 4 is 22.3 Å². The molecule has 0 saturated heterocycles. The van der Waals surface area contributed by atoms with Crippen LogP contribution in [-0.4, -0.2) is 9.97 Å². The Kier molecular flexibility index (Phi) is 3.58. The Morgan fingerprint density at radius 2 is 2.22 bits per heavy atom. The topological polar surface area (TPSA) is 61.6 Å². The smallest absolute Gasteiger partial charge is 0.188 e. The molecule has 4 nitrogen and oxygen atoms in total. The lowest BCUT2D eigenvalue weighted by Gasteiger charge is -2.05. The van der Waals surface area contributed by atoms with Crippen LogP contribution in [0.5, 0.6) is 0 Å². The highest BCUT2D eigenvalue weighted by Crippen LogP contribution is 2.26. The molecule has 2 aromatic heterocycles. The van der Waals surface area contributed by atoms with Crippen molar-refractivity contribution in [1.29, 1.82) is 5.26 Å². The second-order valence-electron chi connectivity index (χ2n) is 3.96. The van der Waals surface area contributed by atoms with Gasteiger partial charge in [-0.25, -0.2) is 9.97 Å². The highest BCUT2D eigenvalue weighted by molar-refractivity contribution is 7.15. The highest BCUT2D eigenvalue weighted by Gasteiger charge is 2.10. The molecule has 18 heavy (non-hydrogen) atoms. The summed E-state index contributed by atoms with van der Waals surface area (Å²) >= 11 is 1.59. The fraction of sp³-hybridized carbons (Fsp3) is 0.308. The van der Waals surface area contributed by atoms with Gasteiger partial charge in [0.15, 0.2) is 5.13 Å². The fourth-order valence-electron chi connectivity index (χ4n) is 1.70. The van der Waals surface area contributed by atoms with E-state index in [-0.39, 0.29) is 0 Å². The summed E-state index contributed by atoms with van der Waals surface area (Å²) < 4.78 is 0. The monoisotopic (exact) mass is 258 g/mol. The van der Waals surface area contributed by atoms with Crippen molar-refractivity contribution in [1.82, 2.24) is 9.97 Å². The zero-order valence-electron chi connectivity index (χ0n) is 10.6. The van der Waals surface area contributed by atoms with Crippen LogP contribution < -0.4 is 5.32 Å². The zero-order valence-corrected chi connectivity index (χ0v) is 11.4. The van der Waals surface area contributed by atoms with Crippen LogP contribution in [0.25, 0.3) is 0 Å². The van der Waals surface area contributed by atoms with E-state index in [1.165, 1.54) is 4.88 Å². The Morgan fingerprint density at radius 1 is 1.44 bits per heavy atom. The Morgan fingerprint density at radius 3 is 2.83 bits per heavy atom. The highest BCUT2D eigenvalue weighted by atomic mass is 32.1. The third-order valence-electron chi connectivity index (χ3n) is 2.72. The maximum Gasteiger partial charge on any atom is 0.188 e. The van der Waals surface area contributed by atoms with Crippen LogP contribution in [0.4, 0.5) is 10.9 Å². The van der Waals surface area contributed by atoms with Gasteiger partial charge < -0.3 is 5.32 Å². The van der Waals surface area contributed by atoms with E-state index in [9.17, 15) is 0 Å². The Labute approximate surface area is 110 Å². The van der Waals surface area contributed by atoms with Gasteiger partial charge in [-0.1, -0.05) is 6.92 Å². The molecule has 0 saturated carbocycles. The van der Waals surface area contributed by atoms with E-state index in [0.717, 1.165) is 22.8 Å². The molecule has 0 aliphatic heterocycles. The minimum Gasteiger partial charge on any atom is -0.315 e. The maximum absolute atomic E-state index is 9.14. The van der Waals surface area contributed by atoms with Gasteiger partial charge >= 0.3 is 0 Å². The van der Waals surface area contributed by atoms with Crippen molar-refractivity contribution in [3.8, 4) is 6.07 Å². The number of thiazole rings is 1. The lowest BCUT2D eigenvalue weighted by Crippen LogP contribution is -1.98. The average Bonchev–Trinajstić information content (AvgIpc) is 2.70. The van der Waals surface area contributed by atoms with E-state index in [1.807, 2.05) is 13.0 Å². The van der Waals surface area contributed by atoms with Gasteiger partial charge in [0.25, 0.3) is 0 Å². The van der Waals surface area contributed by atoms with Crippen LogP contribution in [0.2, 0.25) is 0 Å². The summed E-state index contributed by atoms with van der Waals surface area (Å²) in [6.07, 6.45) is 2.61. The summed E-state index contributed by atoms with van der Waals surface area (Å²) in [5.74, 6) is 0.578. The summed E-state index contributed by atoms with van der Waals surface area (Å²) in [5.41, 5.74) is 2.58. The van der Waals surface area contributed by atoms with E-state index >= 15 is 0 Å². The number of nitrogens with zero attached hydrogens (tertiary/aromatic N) is 3. The number of anilines is 2. The van der Waals surface area contributed by atoms with Crippen molar-refractivity contribution in [2.45, 2.75) is 27.2 Å². The molecule has 0 atom stereocenters. The second kappa shape index (κ2) is 5.15. The third kappa shape index (κ3) is 2.34. The SMILES string of the molecule is CCc1nc(Nc2nccc(C)c2C#N)sc1C. The third-order valence-corrected chi connectivity index (χ3v) is 3.65. The normalized spacial score (nSPS) is 10.1. The molecule has 0 unspecified atom stereocenters. The zero-order chi connectivity index (χ0) is 13.1. The van der Waals surface area contributed by atoms with Crippen LogP contribution in [0.1, 0.15) is 28.6 Å². The molecule has 0 fully saturated rings. The molecule has 0 aliphatic carbocycles. The molecule has 2 aromatic rings. The van der Waals surface area contributed by atoms with E-state index in [4.69, 9.17) is 5.26 Å². The minimum absolute atomic E-state index is 0.573. The Bertz CT molecular complexity index is 610. The Balaban J connectivity index is 2.34. The van der Waals surface area contributed by atoms with Gasteiger partial charge in [-0.2, -0.15) is 5.26 Å². The summed E-state index contributed by atoms with van der Waals surface area (Å²) in [4.78, 5) is 9.89. The van der Waals surface area contributed by atoms with Gasteiger partial charge in [-0.05, 0) is 31.9 Å². The molecule has 0 spiro atoms. The number of pyridine rings is 1. The van der Waals surface area contributed by atoms with Crippen molar-refractivity contribution in [3.05, 3.63) is 34.0 Å². The van der Waals surface area contributed by atoms with Gasteiger partial charge in [0, 0.05) is 11.1 Å². The second-order valence-corrected chi connectivity index (χ2v) is 5.17. The van der Waals surface area contributed by atoms with E-state index in [2.05, 4.69) is 35.2 Å². The fourth-order valence-corrected chi connectivity index (χ4v) is 2.61. The summed E-state index contributed by atoms with van der Waals surface area (Å²) in [5, 5.41) is 13.1. The molecule has 0 aromatic carbocycles. The summed E-state index contributed by atoms with van der Waals surface area (Å²) in [6.45, 7) is 6.03. The molecule has 1 N–H and O–H groups in total. The van der Waals surface area contributed by atoms with E-state index < -0.39 is 0 Å². The lowest BCUT2D eigenvalue weighted by molar-refractivity contribution is 1.04. The van der Waals surface area contributed by atoms with Gasteiger partial charge in [0.05, 0.1) is 11.3 Å². The van der Waals surface area contributed by atoms with Crippen LogP contribution in [0.15, 0.2) is 12.3 Å². The van der Waals surface area contributed by atoms with Crippen molar-refractivity contribution in [2.24, 2.45) is 0 Å². The number of aromatic nitrogens is 2. The first kappa shape index (κ1) is 12.5. The first-order chi connectivity index (χ1) is 8.65. The number of rotatable bonds is 3. The first-order valence-corrected chi connectivity index (χ1v) is 6.56.